The lowest BCUT2D eigenvalue weighted by Crippen LogP contribution is -2.68. The van der Waals surface area contributed by atoms with E-state index in [-0.39, 0.29) is 0 Å². The topological polar surface area (TPSA) is 3.24 Å². The molecule has 3 rings (SSSR count). The third kappa shape index (κ3) is 2.02. The van der Waals surface area contributed by atoms with Gasteiger partial charge in [0.1, 0.15) is 0 Å². The third-order valence-electron chi connectivity index (χ3n) is 5.94. The molecule has 0 bridgehead atoms. The van der Waals surface area contributed by atoms with E-state index in [4.69, 9.17) is 0 Å². The van der Waals surface area contributed by atoms with Crippen molar-refractivity contribution in [1.82, 2.24) is 0 Å². The van der Waals surface area contributed by atoms with Gasteiger partial charge >= 0.3 is 0 Å². The van der Waals surface area contributed by atoms with E-state index in [0.29, 0.717) is 0 Å². The predicted molar refractivity (Wildman–Crippen MR) is 105 cm³/mol. The van der Waals surface area contributed by atoms with Crippen LogP contribution in [0.5, 0.6) is 0 Å². The molecule has 1 heterocycles. The van der Waals surface area contributed by atoms with Gasteiger partial charge in [-0.25, -0.2) is 0 Å². The number of anilines is 2. The lowest BCUT2D eigenvalue weighted by Gasteiger charge is -2.38. The van der Waals surface area contributed by atoms with E-state index >= 15 is 0 Å². The summed E-state index contributed by atoms with van der Waals surface area (Å²) in [6.07, 6.45) is 0. The van der Waals surface area contributed by atoms with E-state index in [2.05, 4.69) is 88.4 Å². The monoisotopic (exact) mass is 325 g/mol. The van der Waals surface area contributed by atoms with Crippen molar-refractivity contribution < 1.29 is 0 Å². The Kier molecular flexibility index (Phi) is 3.42. The van der Waals surface area contributed by atoms with Crippen molar-refractivity contribution in [2.45, 2.75) is 40.0 Å². The highest BCUT2D eigenvalue weighted by Gasteiger charge is 2.48. The Labute approximate surface area is 136 Å². The zero-order chi connectivity index (χ0) is 16.3. The van der Waals surface area contributed by atoms with Crippen LogP contribution < -0.4 is 15.3 Å². The molecule has 0 saturated carbocycles. The summed E-state index contributed by atoms with van der Waals surface area (Å²) in [5.74, 6) is 0. The summed E-state index contributed by atoms with van der Waals surface area (Å²) < 4.78 is 0. The van der Waals surface area contributed by atoms with Gasteiger partial charge in [-0.2, -0.15) is 0 Å². The Morgan fingerprint density at radius 1 is 0.682 bits per heavy atom. The number of fused-ring (bicyclic) bond motifs is 2. The molecule has 22 heavy (non-hydrogen) atoms. The Balaban J connectivity index is 2.41. The molecule has 3 heteroatoms. The zero-order valence-corrected chi connectivity index (χ0v) is 16.9. The molecule has 1 aliphatic heterocycles. The molecule has 0 unspecified atom stereocenters. The van der Waals surface area contributed by atoms with Gasteiger partial charge in [-0.3, -0.25) is 0 Å². The Morgan fingerprint density at radius 2 is 1.05 bits per heavy atom. The van der Waals surface area contributed by atoms with Gasteiger partial charge < -0.3 is 4.90 Å². The minimum absolute atomic E-state index is 1.39. The van der Waals surface area contributed by atoms with Gasteiger partial charge in [-0.1, -0.05) is 61.6 Å². The second-order valence-electron chi connectivity index (χ2n) is 7.85. The number of hydrogen-bond donors (Lipinski definition) is 0. The van der Waals surface area contributed by atoms with Gasteiger partial charge in [0.15, 0.2) is 0 Å². The highest BCUT2D eigenvalue weighted by atomic mass is 29.3. The van der Waals surface area contributed by atoms with Crippen LogP contribution in [-0.4, -0.2) is 22.2 Å². The van der Waals surface area contributed by atoms with Gasteiger partial charge in [0.25, 0.3) is 0 Å². The van der Waals surface area contributed by atoms with Crippen LogP contribution in [0.1, 0.15) is 11.1 Å². The quantitative estimate of drug-likeness (QED) is 0.662. The molecule has 2 aromatic carbocycles. The first kappa shape index (κ1) is 15.6. The van der Waals surface area contributed by atoms with Gasteiger partial charge in [0.2, 0.25) is 0 Å². The molecule has 0 atom stereocenters. The highest BCUT2D eigenvalue weighted by molar-refractivity contribution is 7.50. The average molecular weight is 326 g/mol. The first-order chi connectivity index (χ1) is 10.2. The minimum atomic E-state index is -1.54. The second kappa shape index (κ2) is 4.83. The van der Waals surface area contributed by atoms with Gasteiger partial charge in [0, 0.05) is 18.4 Å². The molecule has 0 N–H and O–H groups in total. The van der Waals surface area contributed by atoms with Crippen LogP contribution in [0.25, 0.3) is 0 Å². The van der Waals surface area contributed by atoms with Crippen molar-refractivity contribution >= 4 is 36.9 Å². The van der Waals surface area contributed by atoms with E-state index < -0.39 is 15.2 Å². The fourth-order valence-electron chi connectivity index (χ4n) is 3.69. The minimum Gasteiger partial charge on any atom is -0.345 e. The molecule has 2 aromatic rings. The molecule has 0 fully saturated rings. The van der Waals surface area contributed by atoms with E-state index in [1.54, 1.807) is 10.4 Å². The summed E-state index contributed by atoms with van der Waals surface area (Å²) in [6.45, 7) is 14.8. The van der Waals surface area contributed by atoms with Crippen LogP contribution in [0.4, 0.5) is 11.4 Å². The number of nitrogens with zero attached hydrogens (tertiary/aromatic N) is 1. The lowest BCUT2D eigenvalue weighted by molar-refractivity contribution is 1.22. The first-order valence-electron chi connectivity index (χ1n) is 8.12. The van der Waals surface area contributed by atoms with E-state index in [9.17, 15) is 0 Å². The van der Waals surface area contributed by atoms with Crippen molar-refractivity contribution in [3.8, 4) is 0 Å². The smallest absolute Gasteiger partial charge is 0.0819 e. The summed E-state index contributed by atoms with van der Waals surface area (Å²) >= 11 is 0. The van der Waals surface area contributed by atoms with Gasteiger partial charge in [-0.15, -0.1) is 0 Å². The van der Waals surface area contributed by atoms with Crippen molar-refractivity contribution in [1.29, 1.82) is 0 Å². The van der Waals surface area contributed by atoms with Crippen molar-refractivity contribution in [3.63, 3.8) is 0 Å². The molecule has 0 aliphatic carbocycles. The van der Waals surface area contributed by atoms with Crippen LogP contribution in [-0.2, 0) is 0 Å². The molecule has 0 spiro atoms. The summed E-state index contributed by atoms with van der Waals surface area (Å²) in [7, 11) is -0.840. The number of hydrogen-bond acceptors (Lipinski definition) is 1. The fourth-order valence-corrected chi connectivity index (χ4v) is 13.2. The number of benzene rings is 2. The Bertz CT molecular complexity index is 684. The van der Waals surface area contributed by atoms with Crippen LogP contribution in [0, 0.1) is 13.8 Å². The maximum atomic E-state index is 2.59. The molecule has 0 aromatic heterocycles. The molecule has 1 aliphatic rings. The van der Waals surface area contributed by atoms with Crippen LogP contribution >= 0.6 is 0 Å². The maximum Gasteiger partial charge on any atom is 0.0819 e. The maximum absolute atomic E-state index is 2.59. The third-order valence-corrected chi connectivity index (χ3v) is 23.5. The van der Waals surface area contributed by atoms with Crippen molar-refractivity contribution in [2.24, 2.45) is 0 Å². The molecule has 0 saturated heterocycles. The van der Waals surface area contributed by atoms with E-state index in [0.717, 1.165) is 0 Å². The Morgan fingerprint density at radius 3 is 1.41 bits per heavy atom. The molecular formula is C19H27NSi2. The molecular weight excluding hydrogens is 298 g/mol. The number of rotatable bonds is 0. The summed E-state index contributed by atoms with van der Waals surface area (Å²) in [5.41, 5.74) is 5.62. The van der Waals surface area contributed by atoms with Crippen molar-refractivity contribution in [3.05, 3.63) is 47.5 Å². The standard InChI is InChI=1S/C19H27NSi2/c1-14-8-10-16-18(12-14)21(4,5)22(6,7)19-13-15(2)9-11-17(19)20(16)3/h8-13H,1-7H3. The van der Waals surface area contributed by atoms with Crippen LogP contribution in [0.15, 0.2) is 36.4 Å². The summed E-state index contributed by atoms with van der Waals surface area (Å²) in [4.78, 5) is 2.43. The average Bonchev–Trinajstić information content (AvgIpc) is 2.49. The molecule has 0 amide bonds. The highest BCUT2D eigenvalue weighted by Crippen LogP contribution is 2.34. The second-order valence-corrected chi connectivity index (χ2v) is 22.9. The van der Waals surface area contributed by atoms with Gasteiger partial charge in [0.05, 0.1) is 15.2 Å². The van der Waals surface area contributed by atoms with E-state index in [1.807, 2.05) is 0 Å². The number of aryl methyl sites for hydroxylation is 2. The van der Waals surface area contributed by atoms with E-state index in [1.165, 1.54) is 22.5 Å². The molecule has 1 nitrogen and oxygen atoms in total. The SMILES string of the molecule is Cc1ccc2c(c1)[Si](C)(C)[Si](C)(C)c1cc(C)ccc1N2C. The zero-order valence-electron chi connectivity index (χ0n) is 14.9. The fraction of sp³-hybridized carbons (Fsp3) is 0.368. The summed E-state index contributed by atoms with van der Waals surface area (Å²) in [6, 6.07) is 14.1. The largest absolute Gasteiger partial charge is 0.345 e. The summed E-state index contributed by atoms with van der Waals surface area (Å²) in [5, 5.41) is 3.28. The van der Waals surface area contributed by atoms with Crippen LogP contribution in [0.3, 0.4) is 0 Å². The van der Waals surface area contributed by atoms with Crippen LogP contribution in [0.2, 0.25) is 26.2 Å². The van der Waals surface area contributed by atoms with Gasteiger partial charge in [-0.05, 0) is 36.4 Å². The molecule has 116 valence electrons. The lowest BCUT2D eigenvalue weighted by atomic mass is 10.1. The molecule has 0 radical (unpaired) electrons. The Hall–Kier alpha value is -1.33. The normalized spacial score (nSPS) is 18.4. The predicted octanol–water partition coefficient (Wildman–Crippen LogP) is 3.99. The van der Waals surface area contributed by atoms with Crippen molar-refractivity contribution in [2.75, 3.05) is 11.9 Å². The first-order valence-corrected chi connectivity index (χ1v) is 15.1.